The van der Waals surface area contributed by atoms with Crippen molar-refractivity contribution in [3.63, 3.8) is 0 Å². The van der Waals surface area contributed by atoms with E-state index < -0.39 is 11.6 Å². The maximum atomic E-state index is 13.8. The molecule has 0 bridgehead atoms. The molecule has 1 fully saturated rings. The van der Waals surface area contributed by atoms with Gasteiger partial charge in [0.25, 0.3) is 0 Å². The fourth-order valence-corrected chi connectivity index (χ4v) is 3.62. The largest absolute Gasteiger partial charge is 0.342 e. The van der Waals surface area contributed by atoms with E-state index in [1.54, 1.807) is 10.9 Å². The Kier molecular flexibility index (Phi) is 6.01. The van der Waals surface area contributed by atoms with Gasteiger partial charge in [-0.1, -0.05) is 6.07 Å². The highest BCUT2D eigenvalue weighted by atomic mass is 19.1. The predicted octanol–water partition coefficient (Wildman–Crippen LogP) is 3.50. The van der Waals surface area contributed by atoms with Crippen molar-refractivity contribution in [1.82, 2.24) is 14.7 Å². The van der Waals surface area contributed by atoms with Crippen LogP contribution in [0.3, 0.4) is 0 Å². The third-order valence-corrected chi connectivity index (χ3v) is 5.09. The van der Waals surface area contributed by atoms with Crippen molar-refractivity contribution in [3.05, 3.63) is 53.4 Å². The first-order valence-corrected chi connectivity index (χ1v) is 9.20. The maximum absolute atomic E-state index is 13.8. The number of hydrogen-bond donors (Lipinski definition) is 0. The van der Waals surface area contributed by atoms with E-state index in [4.69, 9.17) is 0 Å². The summed E-state index contributed by atoms with van der Waals surface area (Å²) in [6.07, 6.45) is 8.35. The molecule has 1 aromatic carbocycles. The van der Waals surface area contributed by atoms with Crippen molar-refractivity contribution in [1.29, 1.82) is 0 Å². The Labute approximate surface area is 152 Å². The zero-order valence-electron chi connectivity index (χ0n) is 15.1. The summed E-state index contributed by atoms with van der Waals surface area (Å²) in [5, 5.41) is 4.12. The summed E-state index contributed by atoms with van der Waals surface area (Å²) in [5.41, 5.74) is 1.62. The van der Waals surface area contributed by atoms with E-state index >= 15 is 0 Å². The molecule has 2 heterocycles. The fraction of sp³-hybridized carbons (Fsp3) is 0.500. The molecule has 0 N–H and O–H groups in total. The number of aryl methyl sites for hydroxylation is 3. The topological polar surface area (TPSA) is 38.1 Å². The van der Waals surface area contributed by atoms with Gasteiger partial charge in [0.15, 0.2) is 0 Å². The van der Waals surface area contributed by atoms with Crippen LogP contribution in [0.25, 0.3) is 0 Å². The molecule has 140 valence electrons. The Morgan fingerprint density at radius 1 is 1.31 bits per heavy atom. The van der Waals surface area contributed by atoms with Crippen LogP contribution >= 0.6 is 0 Å². The summed E-state index contributed by atoms with van der Waals surface area (Å²) in [6, 6.07) is 3.75. The number of halogens is 2. The van der Waals surface area contributed by atoms with Crippen molar-refractivity contribution in [3.8, 4) is 0 Å². The summed E-state index contributed by atoms with van der Waals surface area (Å²) in [4.78, 5) is 14.4. The molecule has 0 unspecified atom stereocenters. The van der Waals surface area contributed by atoms with Crippen molar-refractivity contribution in [2.75, 3.05) is 13.1 Å². The Balaban J connectivity index is 1.47. The molecule has 1 atom stereocenters. The second kappa shape index (κ2) is 8.43. The van der Waals surface area contributed by atoms with Gasteiger partial charge < -0.3 is 4.90 Å². The Hall–Kier alpha value is -2.24. The van der Waals surface area contributed by atoms with E-state index in [9.17, 15) is 13.6 Å². The molecule has 6 heteroatoms. The van der Waals surface area contributed by atoms with Gasteiger partial charge in [-0.05, 0) is 55.2 Å². The fourth-order valence-electron chi connectivity index (χ4n) is 3.62. The minimum absolute atomic E-state index is 0.173. The van der Waals surface area contributed by atoms with Gasteiger partial charge in [-0.25, -0.2) is 8.78 Å². The number of likely N-dealkylation sites (tertiary alicyclic amines) is 1. The van der Waals surface area contributed by atoms with E-state index in [1.807, 2.05) is 18.1 Å². The maximum Gasteiger partial charge on any atom is 0.222 e. The van der Waals surface area contributed by atoms with Crippen molar-refractivity contribution >= 4 is 5.91 Å². The lowest BCUT2D eigenvalue weighted by atomic mass is 9.91. The van der Waals surface area contributed by atoms with E-state index in [2.05, 4.69) is 5.10 Å². The minimum atomic E-state index is -0.547. The van der Waals surface area contributed by atoms with Crippen LogP contribution in [0.15, 0.2) is 30.6 Å². The van der Waals surface area contributed by atoms with Gasteiger partial charge in [0.05, 0.1) is 6.20 Å². The van der Waals surface area contributed by atoms with Crippen LogP contribution in [0.1, 0.15) is 36.8 Å². The van der Waals surface area contributed by atoms with Crippen molar-refractivity contribution < 1.29 is 13.6 Å². The second-order valence-electron chi connectivity index (χ2n) is 7.14. The zero-order chi connectivity index (χ0) is 18.5. The summed E-state index contributed by atoms with van der Waals surface area (Å²) >= 11 is 0. The third-order valence-electron chi connectivity index (χ3n) is 5.09. The quantitative estimate of drug-likeness (QED) is 0.790. The zero-order valence-corrected chi connectivity index (χ0v) is 15.1. The van der Waals surface area contributed by atoms with Crippen LogP contribution in [0.4, 0.5) is 8.78 Å². The molecule has 3 rings (SSSR count). The highest BCUT2D eigenvalue weighted by molar-refractivity contribution is 5.76. The van der Waals surface area contributed by atoms with Gasteiger partial charge in [-0.3, -0.25) is 9.48 Å². The smallest absolute Gasteiger partial charge is 0.222 e. The van der Waals surface area contributed by atoms with Crippen LogP contribution in [-0.4, -0.2) is 33.7 Å². The lowest BCUT2D eigenvalue weighted by molar-refractivity contribution is -0.133. The Morgan fingerprint density at radius 2 is 2.15 bits per heavy atom. The van der Waals surface area contributed by atoms with Gasteiger partial charge in [0, 0.05) is 38.8 Å². The Morgan fingerprint density at radius 3 is 2.88 bits per heavy atom. The molecule has 1 aliphatic heterocycles. The van der Waals surface area contributed by atoms with Crippen LogP contribution in [0, 0.1) is 17.6 Å². The SMILES string of the molecule is Cn1cc(CCC(=O)N2CCC[C@@H](CCc3ccc(F)cc3F)C2)cn1. The second-order valence-corrected chi connectivity index (χ2v) is 7.14. The monoisotopic (exact) mass is 361 g/mol. The van der Waals surface area contributed by atoms with Gasteiger partial charge in [-0.15, -0.1) is 0 Å². The number of piperidine rings is 1. The molecular formula is C20H25F2N3O. The van der Waals surface area contributed by atoms with Gasteiger partial charge in [0.1, 0.15) is 11.6 Å². The molecule has 0 aliphatic carbocycles. The number of nitrogens with zero attached hydrogens (tertiary/aromatic N) is 3. The molecule has 2 aromatic rings. The molecule has 1 saturated heterocycles. The van der Waals surface area contributed by atoms with Crippen LogP contribution in [-0.2, 0) is 24.7 Å². The van der Waals surface area contributed by atoms with E-state index in [1.165, 1.54) is 12.1 Å². The van der Waals surface area contributed by atoms with Crippen molar-refractivity contribution in [2.24, 2.45) is 13.0 Å². The first-order valence-electron chi connectivity index (χ1n) is 9.20. The highest BCUT2D eigenvalue weighted by Crippen LogP contribution is 2.23. The normalized spacial score (nSPS) is 17.5. The average Bonchev–Trinajstić information content (AvgIpc) is 3.04. The third kappa shape index (κ3) is 4.90. The average molecular weight is 361 g/mol. The standard InChI is InChI=1S/C20H25F2N3O/c1-24-13-16(12-23-24)5-9-20(26)25-10-2-3-15(14-25)4-6-17-7-8-18(21)11-19(17)22/h7-8,11-13,15H,2-6,9-10,14H2,1H3/t15-/m0/s1. The number of aromatic nitrogens is 2. The molecular weight excluding hydrogens is 336 g/mol. The van der Waals surface area contributed by atoms with Gasteiger partial charge in [0.2, 0.25) is 5.91 Å². The molecule has 0 radical (unpaired) electrons. The van der Waals surface area contributed by atoms with Gasteiger partial charge >= 0.3 is 0 Å². The summed E-state index contributed by atoms with van der Waals surface area (Å²) in [7, 11) is 1.87. The lowest BCUT2D eigenvalue weighted by Crippen LogP contribution is -2.40. The van der Waals surface area contributed by atoms with Crippen LogP contribution < -0.4 is 0 Å². The number of rotatable bonds is 6. The Bertz CT molecular complexity index is 759. The first kappa shape index (κ1) is 18.5. The summed E-state index contributed by atoms with van der Waals surface area (Å²) in [5.74, 6) is -0.485. The van der Waals surface area contributed by atoms with E-state index in [0.717, 1.165) is 44.0 Å². The molecule has 1 aromatic heterocycles. The number of hydrogen-bond acceptors (Lipinski definition) is 2. The minimum Gasteiger partial charge on any atom is -0.342 e. The molecule has 1 aliphatic rings. The van der Waals surface area contributed by atoms with Gasteiger partial charge in [-0.2, -0.15) is 5.10 Å². The lowest BCUT2D eigenvalue weighted by Gasteiger charge is -2.33. The van der Waals surface area contributed by atoms with E-state index in [0.29, 0.717) is 30.7 Å². The number of amides is 1. The van der Waals surface area contributed by atoms with Crippen LogP contribution in [0.2, 0.25) is 0 Å². The number of benzene rings is 1. The predicted molar refractivity (Wildman–Crippen MR) is 95.5 cm³/mol. The molecule has 4 nitrogen and oxygen atoms in total. The van der Waals surface area contributed by atoms with Crippen LogP contribution in [0.5, 0.6) is 0 Å². The molecule has 0 saturated carbocycles. The molecule has 26 heavy (non-hydrogen) atoms. The first-order chi connectivity index (χ1) is 12.5. The summed E-state index contributed by atoms with van der Waals surface area (Å²) in [6.45, 7) is 1.53. The number of carbonyl (C=O) groups is 1. The molecule has 1 amide bonds. The van der Waals surface area contributed by atoms with Crippen molar-refractivity contribution in [2.45, 2.75) is 38.5 Å². The highest BCUT2D eigenvalue weighted by Gasteiger charge is 2.23. The van der Waals surface area contributed by atoms with E-state index in [-0.39, 0.29) is 5.91 Å². The number of carbonyl (C=O) groups excluding carboxylic acids is 1. The summed E-state index contributed by atoms with van der Waals surface area (Å²) < 4.78 is 28.5. The molecule has 0 spiro atoms.